The van der Waals surface area contributed by atoms with Gasteiger partial charge in [-0.15, -0.1) is 0 Å². The standard InChI is InChI=1S/C30H29NO7/c1-17-14-24(37-4)18(2)13-23(17)28(33)26-27(20-7-6-8-22(16-20)36-3)31(30(35)29(26)34)21-11-9-19(10-12-21)15-25(32)38-5/h6-14,16,27,33H,15H2,1-5H3/b28-26+. The number of carbonyl (C=O) groups is 3. The quantitative estimate of drug-likeness (QED) is 0.211. The maximum Gasteiger partial charge on any atom is 0.309 e. The van der Waals surface area contributed by atoms with E-state index in [1.807, 2.05) is 6.92 Å². The van der Waals surface area contributed by atoms with Crippen molar-refractivity contribution in [3.63, 3.8) is 0 Å². The second kappa shape index (κ2) is 10.8. The minimum Gasteiger partial charge on any atom is -0.507 e. The summed E-state index contributed by atoms with van der Waals surface area (Å²) in [6.45, 7) is 3.64. The van der Waals surface area contributed by atoms with Gasteiger partial charge < -0.3 is 19.3 Å². The zero-order valence-electron chi connectivity index (χ0n) is 21.9. The van der Waals surface area contributed by atoms with E-state index in [4.69, 9.17) is 14.2 Å². The van der Waals surface area contributed by atoms with E-state index in [0.29, 0.717) is 39.4 Å². The molecule has 1 heterocycles. The molecular formula is C30H29NO7. The highest BCUT2D eigenvalue weighted by Crippen LogP contribution is 2.43. The zero-order valence-corrected chi connectivity index (χ0v) is 21.9. The van der Waals surface area contributed by atoms with Gasteiger partial charge in [0.15, 0.2) is 0 Å². The molecule has 1 amide bonds. The van der Waals surface area contributed by atoms with Crippen LogP contribution in [-0.4, -0.2) is 44.1 Å². The SMILES string of the molecule is COC(=O)Cc1ccc(N2C(=O)C(=O)/C(=C(/O)c3cc(C)c(OC)cc3C)C2c2cccc(OC)c2)cc1. The van der Waals surface area contributed by atoms with Crippen LogP contribution in [0.3, 0.4) is 0 Å². The number of nitrogens with zero attached hydrogens (tertiary/aromatic N) is 1. The molecular weight excluding hydrogens is 486 g/mol. The molecule has 3 aromatic rings. The van der Waals surface area contributed by atoms with Gasteiger partial charge in [-0.1, -0.05) is 24.3 Å². The van der Waals surface area contributed by atoms with E-state index in [1.54, 1.807) is 74.7 Å². The van der Waals surface area contributed by atoms with Crippen molar-refractivity contribution in [1.82, 2.24) is 0 Å². The molecule has 1 atom stereocenters. The number of anilines is 1. The molecule has 1 aliphatic heterocycles. The molecule has 1 saturated heterocycles. The Morgan fingerprint density at radius 1 is 0.921 bits per heavy atom. The summed E-state index contributed by atoms with van der Waals surface area (Å²) < 4.78 is 15.5. The number of ketones is 1. The third-order valence-electron chi connectivity index (χ3n) is 6.64. The van der Waals surface area contributed by atoms with E-state index >= 15 is 0 Å². The van der Waals surface area contributed by atoms with Crippen molar-refractivity contribution >= 4 is 29.1 Å². The minimum absolute atomic E-state index is 0.0328. The number of hydrogen-bond acceptors (Lipinski definition) is 7. The average molecular weight is 516 g/mol. The number of rotatable bonds is 7. The van der Waals surface area contributed by atoms with Gasteiger partial charge in [0.2, 0.25) is 0 Å². The third-order valence-corrected chi connectivity index (χ3v) is 6.64. The lowest BCUT2D eigenvalue weighted by Crippen LogP contribution is -2.29. The van der Waals surface area contributed by atoms with Crippen LogP contribution in [0.1, 0.15) is 33.9 Å². The van der Waals surface area contributed by atoms with Gasteiger partial charge in [0.1, 0.15) is 17.3 Å². The Labute approximate surface area is 221 Å². The first-order chi connectivity index (χ1) is 18.2. The van der Waals surface area contributed by atoms with Crippen LogP contribution in [0.5, 0.6) is 11.5 Å². The lowest BCUT2D eigenvalue weighted by molar-refractivity contribution is -0.139. The maximum atomic E-state index is 13.5. The third kappa shape index (κ3) is 4.85. The Bertz CT molecular complexity index is 1440. The summed E-state index contributed by atoms with van der Waals surface area (Å²) in [5, 5.41) is 11.5. The summed E-state index contributed by atoms with van der Waals surface area (Å²) in [6, 6.07) is 16.4. The molecule has 196 valence electrons. The number of benzene rings is 3. The first kappa shape index (κ1) is 26.5. The second-order valence-electron chi connectivity index (χ2n) is 9.00. The topological polar surface area (TPSA) is 102 Å². The van der Waals surface area contributed by atoms with Gasteiger partial charge in [-0.2, -0.15) is 0 Å². The Morgan fingerprint density at radius 2 is 1.63 bits per heavy atom. The summed E-state index contributed by atoms with van der Waals surface area (Å²) in [5.74, 6) is -1.05. The fourth-order valence-electron chi connectivity index (χ4n) is 4.65. The van der Waals surface area contributed by atoms with Crippen molar-refractivity contribution in [2.45, 2.75) is 26.3 Å². The van der Waals surface area contributed by atoms with E-state index in [2.05, 4.69) is 0 Å². The highest BCUT2D eigenvalue weighted by atomic mass is 16.5. The summed E-state index contributed by atoms with van der Waals surface area (Å²) in [5.41, 5.74) is 3.58. The maximum absolute atomic E-state index is 13.5. The number of aliphatic hydroxyl groups is 1. The number of hydrogen-bond donors (Lipinski definition) is 1. The van der Waals surface area contributed by atoms with Crippen molar-refractivity contribution in [2.24, 2.45) is 0 Å². The summed E-state index contributed by atoms with van der Waals surface area (Å²) in [4.78, 5) is 40.0. The van der Waals surface area contributed by atoms with Crippen LogP contribution in [-0.2, 0) is 25.5 Å². The molecule has 8 heteroatoms. The van der Waals surface area contributed by atoms with Crippen LogP contribution in [0.4, 0.5) is 5.69 Å². The van der Waals surface area contributed by atoms with E-state index in [0.717, 1.165) is 5.56 Å². The number of methoxy groups -OCH3 is 3. The Morgan fingerprint density at radius 3 is 2.26 bits per heavy atom. The number of Topliss-reactive ketones (excluding diaryl/α,β-unsaturated/α-hetero) is 1. The smallest absolute Gasteiger partial charge is 0.309 e. The molecule has 0 bridgehead atoms. The number of aliphatic hydroxyl groups excluding tert-OH is 1. The number of amides is 1. The highest BCUT2D eigenvalue weighted by molar-refractivity contribution is 6.51. The molecule has 1 unspecified atom stereocenters. The van der Waals surface area contributed by atoms with Crippen LogP contribution < -0.4 is 14.4 Å². The number of ether oxygens (including phenoxy) is 3. The Kier molecular flexibility index (Phi) is 7.52. The molecule has 0 radical (unpaired) electrons. The fraction of sp³-hybridized carbons (Fsp3) is 0.233. The van der Waals surface area contributed by atoms with Crippen LogP contribution in [0, 0.1) is 13.8 Å². The summed E-state index contributed by atoms with van der Waals surface area (Å²) in [7, 11) is 4.40. The fourth-order valence-corrected chi connectivity index (χ4v) is 4.65. The number of carbonyl (C=O) groups excluding carboxylic acids is 3. The van der Waals surface area contributed by atoms with E-state index in [-0.39, 0.29) is 23.7 Å². The van der Waals surface area contributed by atoms with Crippen molar-refractivity contribution in [3.8, 4) is 11.5 Å². The predicted octanol–water partition coefficient (Wildman–Crippen LogP) is 4.66. The minimum atomic E-state index is -0.918. The van der Waals surface area contributed by atoms with Gasteiger partial charge in [0.05, 0.1) is 39.4 Å². The van der Waals surface area contributed by atoms with Crippen LogP contribution in [0.2, 0.25) is 0 Å². The van der Waals surface area contributed by atoms with Crippen LogP contribution >= 0.6 is 0 Å². The first-order valence-corrected chi connectivity index (χ1v) is 12.0. The monoisotopic (exact) mass is 515 g/mol. The molecule has 8 nitrogen and oxygen atoms in total. The van der Waals surface area contributed by atoms with Crippen molar-refractivity contribution in [2.75, 3.05) is 26.2 Å². The largest absolute Gasteiger partial charge is 0.507 e. The number of esters is 1. The first-order valence-electron chi connectivity index (χ1n) is 12.0. The van der Waals surface area contributed by atoms with Crippen LogP contribution in [0.25, 0.3) is 5.76 Å². The zero-order chi connectivity index (χ0) is 27.6. The molecule has 1 fully saturated rings. The predicted molar refractivity (Wildman–Crippen MR) is 142 cm³/mol. The lowest BCUT2D eigenvalue weighted by atomic mass is 9.93. The van der Waals surface area contributed by atoms with Gasteiger partial charge in [-0.25, -0.2) is 0 Å². The van der Waals surface area contributed by atoms with Gasteiger partial charge in [0.25, 0.3) is 11.7 Å². The van der Waals surface area contributed by atoms with Crippen molar-refractivity contribution in [3.05, 3.63) is 94.1 Å². The van der Waals surface area contributed by atoms with E-state index in [9.17, 15) is 19.5 Å². The van der Waals surface area contributed by atoms with Gasteiger partial charge in [-0.05, 0) is 72.5 Å². The van der Waals surface area contributed by atoms with E-state index < -0.39 is 17.7 Å². The summed E-state index contributed by atoms with van der Waals surface area (Å²) >= 11 is 0. The van der Waals surface area contributed by atoms with E-state index in [1.165, 1.54) is 19.1 Å². The molecule has 0 spiro atoms. The molecule has 1 aliphatic rings. The molecule has 0 saturated carbocycles. The second-order valence-corrected chi connectivity index (χ2v) is 9.00. The normalized spacial score (nSPS) is 16.4. The Balaban J connectivity index is 1.90. The molecule has 0 aliphatic carbocycles. The Hall–Kier alpha value is -4.59. The summed E-state index contributed by atoms with van der Waals surface area (Å²) in [6.07, 6.45) is 0.0744. The van der Waals surface area contributed by atoms with Gasteiger partial charge in [-0.3, -0.25) is 19.3 Å². The molecule has 4 rings (SSSR count). The molecule has 38 heavy (non-hydrogen) atoms. The van der Waals surface area contributed by atoms with Gasteiger partial charge >= 0.3 is 5.97 Å². The average Bonchev–Trinajstić information content (AvgIpc) is 3.19. The van der Waals surface area contributed by atoms with Crippen molar-refractivity contribution < 1.29 is 33.7 Å². The van der Waals surface area contributed by atoms with Crippen LogP contribution in [0.15, 0.2) is 66.2 Å². The number of aryl methyl sites for hydroxylation is 2. The molecule has 0 aromatic heterocycles. The molecule has 1 N–H and O–H groups in total. The molecule has 3 aromatic carbocycles. The lowest BCUT2D eigenvalue weighted by Gasteiger charge is -2.26. The van der Waals surface area contributed by atoms with Gasteiger partial charge in [0, 0.05) is 11.3 Å². The van der Waals surface area contributed by atoms with Crippen molar-refractivity contribution in [1.29, 1.82) is 0 Å². The highest BCUT2D eigenvalue weighted by Gasteiger charge is 2.47.